The van der Waals surface area contributed by atoms with Gasteiger partial charge in [0.15, 0.2) is 0 Å². The minimum absolute atomic E-state index is 0.102. The maximum absolute atomic E-state index is 12.8. The third-order valence-corrected chi connectivity index (χ3v) is 8.83. The molecule has 2 heterocycles. The maximum Gasteiger partial charge on any atom is 0.407 e. The quantitative estimate of drug-likeness (QED) is 0.373. The fourth-order valence-corrected chi connectivity index (χ4v) is 7.41. The average Bonchev–Trinajstić information content (AvgIpc) is 3.12. The highest BCUT2D eigenvalue weighted by molar-refractivity contribution is 8.14. The molecule has 1 amide bonds. The van der Waals surface area contributed by atoms with Gasteiger partial charge in [0.1, 0.15) is 5.60 Å². The molecule has 0 spiro atoms. The minimum Gasteiger partial charge on any atom is -0.463 e. The van der Waals surface area contributed by atoms with Crippen LogP contribution >= 0.6 is 11.8 Å². The number of alkyl carbamates (subject to hydrolysis) is 1. The second-order valence-corrected chi connectivity index (χ2v) is 12.3. The zero-order chi connectivity index (χ0) is 25.3. The summed E-state index contributed by atoms with van der Waals surface area (Å²) in [5.41, 5.74) is 0.927. The molecule has 190 valence electrons. The molecule has 35 heavy (non-hydrogen) atoms. The molecule has 2 aliphatic heterocycles. The maximum atomic E-state index is 12.8. The van der Waals surface area contributed by atoms with Gasteiger partial charge in [-0.1, -0.05) is 50.5 Å². The second kappa shape index (κ2) is 10.00. The summed E-state index contributed by atoms with van der Waals surface area (Å²) in [7, 11) is 0. The second-order valence-electron chi connectivity index (χ2n) is 10.9. The monoisotopic (exact) mass is 498 g/mol. The Balaban J connectivity index is 1.79. The van der Waals surface area contributed by atoms with Gasteiger partial charge in [0.05, 0.1) is 22.8 Å². The lowest BCUT2D eigenvalue weighted by molar-refractivity contribution is -0.137. The Morgan fingerprint density at radius 2 is 1.91 bits per heavy atom. The highest BCUT2D eigenvalue weighted by Crippen LogP contribution is 2.63. The summed E-state index contributed by atoms with van der Waals surface area (Å²) in [6, 6.07) is 8.26. The van der Waals surface area contributed by atoms with Crippen molar-refractivity contribution in [3.05, 3.63) is 42.0 Å². The van der Waals surface area contributed by atoms with Crippen molar-refractivity contribution < 1.29 is 19.1 Å². The van der Waals surface area contributed by atoms with Gasteiger partial charge in [0.2, 0.25) is 0 Å². The van der Waals surface area contributed by atoms with Crippen LogP contribution in [0.4, 0.5) is 10.5 Å². The Morgan fingerprint density at radius 1 is 1.20 bits per heavy atom. The van der Waals surface area contributed by atoms with Gasteiger partial charge < -0.3 is 14.8 Å². The van der Waals surface area contributed by atoms with Crippen LogP contribution in [0.25, 0.3) is 0 Å². The number of nitrogens with zero attached hydrogens (tertiary/aromatic N) is 1. The van der Waals surface area contributed by atoms with Gasteiger partial charge in [0.25, 0.3) is 0 Å². The fraction of sp³-hybridized carbons (Fsp3) is 0.607. The van der Waals surface area contributed by atoms with Gasteiger partial charge in [-0.2, -0.15) is 0 Å². The number of carbonyl (C=O) groups is 2. The number of hydrogen-bond acceptors (Lipinski definition) is 6. The number of hydrogen-bond donors (Lipinski definition) is 1. The molecule has 7 heteroatoms. The Labute approximate surface area is 213 Å². The first-order valence-electron chi connectivity index (χ1n) is 12.8. The van der Waals surface area contributed by atoms with E-state index in [2.05, 4.69) is 36.5 Å². The van der Waals surface area contributed by atoms with Crippen molar-refractivity contribution in [2.24, 2.45) is 10.4 Å². The molecule has 1 aromatic carbocycles. The smallest absolute Gasteiger partial charge is 0.407 e. The molecule has 2 fully saturated rings. The number of benzene rings is 1. The summed E-state index contributed by atoms with van der Waals surface area (Å²) in [5, 5.41) is 4.42. The van der Waals surface area contributed by atoms with Crippen LogP contribution in [-0.2, 0) is 19.7 Å². The summed E-state index contributed by atoms with van der Waals surface area (Å²) in [4.78, 5) is 30.4. The molecule has 0 aromatic heterocycles. The number of nitrogens with one attached hydrogen (secondary N) is 1. The highest BCUT2D eigenvalue weighted by atomic mass is 32.2. The Hall–Kier alpha value is -2.28. The first kappa shape index (κ1) is 25.8. The van der Waals surface area contributed by atoms with Gasteiger partial charge in [0, 0.05) is 22.8 Å². The molecule has 1 saturated heterocycles. The topological polar surface area (TPSA) is 77.0 Å². The van der Waals surface area contributed by atoms with Crippen molar-refractivity contribution in [1.82, 2.24) is 5.32 Å². The van der Waals surface area contributed by atoms with E-state index in [9.17, 15) is 9.59 Å². The van der Waals surface area contributed by atoms with Crippen molar-refractivity contribution in [1.29, 1.82) is 0 Å². The highest BCUT2D eigenvalue weighted by Gasteiger charge is 2.61. The van der Waals surface area contributed by atoms with Crippen molar-refractivity contribution in [2.45, 2.75) is 95.5 Å². The lowest BCUT2D eigenvalue weighted by Gasteiger charge is -2.54. The van der Waals surface area contributed by atoms with E-state index < -0.39 is 17.1 Å². The predicted octanol–water partition coefficient (Wildman–Crippen LogP) is 6.46. The Bertz CT molecular complexity index is 1020. The van der Waals surface area contributed by atoms with Crippen LogP contribution in [0.1, 0.15) is 78.7 Å². The number of ether oxygens (including phenoxy) is 2. The molecule has 4 rings (SSSR count). The summed E-state index contributed by atoms with van der Waals surface area (Å²) < 4.78 is 10.9. The molecule has 3 aliphatic rings. The summed E-state index contributed by atoms with van der Waals surface area (Å²) in [5.74, 6) is -0.307. The number of rotatable bonds is 5. The Kier molecular flexibility index (Phi) is 7.37. The van der Waals surface area contributed by atoms with Gasteiger partial charge in [-0.25, -0.2) is 14.6 Å². The van der Waals surface area contributed by atoms with E-state index in [0.717, 1.165) is 36.4 Å². The molecular weight excluding hydrogens is 460 g/mol. The van der Waals surface area contributed by atoms with Gasteiger partial charge in [-0.05, 0) is 58.6 Å². The average molecular weight is 499 g/mol. The van der Waals surface area contributed by atoms with Crippen LogP contribution in [0.3, 0.4) is 0 Å². The summed E-state index contributed by atoms with van der Waals surface area (Å²) in [6.45, 7) is 9.95. The summed E-state index contributed by atoms with van der Waals surface area (Å²) in [6.07, 6.45) is 9.35. The molecule has 0 radical (unpaired) electrons. The molecular formula is C28H38N2O4S. The van der Waals surface area contributed by atoms with Gasteiger partial charge in [-0.3, -0.25) is 0 Å². The standard InChI is InChI=1S/C28H38N2O4S/c1-6-33-23(31)14-17-27(15-10-7-11-16-27)28-18-22(30-25(32)34-26(3,4)5)19(2)35-24(28)29-21-13-9-8-12-20(21)28/h8-9,12-14,17,19,22H,6-7,10-11,15-16,18H2,1-5H3,(H,30,32)/b17-14-/t19-,22+,28+/m1/s1. The third-order valence-electron chi connectivity index (χ3n) is 7.46. The number of allylic oxidation sites excluding steroid dienone is 1. The SMILES string of the molecule is CCOC(=O)/C=C\C1([C@]23C[C@H](NC(=O)OC(C)(C)C)[C@@H](C)SC2=Nc2ccccc23)CCCCC1. The van der Waals surface area contributed by atoms with E-state index in [-0.39, 0.29) is 22.7 Å². The molecule has 1 aliphatic carbocycles. The first-order valence-corrected chi connectivity index (χ1v) is 13.7. The normalized spacial score (nSPS) is 27.5. The number of fused-ring (bicyclic) bond motifs is 3. The number of carbonyl (C=O) groups excluding carboxylic acids is 2. The van der Waals surface area contributed by atoms with Gasteiger partial charge >= 0.3 is 12.1 Å². The van der Waals surface area contributed by atoms with Gasteiger partial charge in [-0.15, -0.1) is 11.8 Å². The molecule has 1 aromatic rings. The fourth-order valence-electron chi connectivity index (χ4n) is 5.98. The predicted molar refractivity (Wildman–Crippen MR) is 141 cm³/mol. The lowest BCUT2D eigenvalue weighted by atomic mass is 9.52. The van der Waals surface area contributed by atoms with Crippen molar-refractivity contribution >= 4 is 34.6 Å². The van der Waals surface area contributed by atoms with E-state index in [4.69, 9.17) is 14.5 Å². The summed E-state index contributed by atoms with van der Waals surface area (Å²) >= 11 is 1.75. The van der Waals surface area contributed by atoms with Crippen LogP contribution in [-0.4, -0.2) is 40.6 Å². The van der Waals surface area contributed by atoms with Crippen LogP contribution in [0.5, 0.6) is 0 Å². The zero-order valence-corrected chi connectivity index (χ0v) is 22.4. The van der Waals surface area contributed by atoms with Crippen molar-refractivity contribution in [2.75, 3.05) is 6.61 Å². The Morgan fingerprint density at radius 3 is 2.60 bits per heavy atom. The first-order chi connectivity index (χ1) is 16.6. The van der Waals surface area contributed by atoms with Crippen LogP contribution in [0.15, 0.2) is 41.4 Å². The number of thioether (sulfide) groups is 1. The number of amides is 1. The van der Waals surface area contributed by atoms with Crippen molar-refractivity contribution in [3.63, 3.8) is 0 Å². The molecule has 0 unspecified atom stereocenters. The van der Waals surface area contributed by atoms with E-state index in [1.807, 2.05) is 33.8 Å². The van der Waals surface area contributed by atoms with Crippen LogP contribution < -0.4 is 5.32 Å². The van der Waals surface area contributed by atoms with E-state index in [1.165, 1.54) is 12.0 Å². The molecule has 0 bridgehead atoms. The van der Waals surface area contributed by atoms with Crippen LogP contribution in [0, 0.1) is 5.41 Å². The number of esters is 1. The zero-order valence-electron chi connectivity index (χ0n) is 21.6. The molecule has 3 atom stereocenters. The molecule has 1 saturated carbocycles. The minimum atomic E-state index is -0.563. The third kappa shape index (κ3) is 5.02. The van der Waals surface area contributed by atoms with Crippen LogP contribution in [0.2, 0.25) is 0 Å². The molecule has 1 N–H and O–H groups in total. The molecule has 6 nitrogen and oxygen atoms in total. The van der Waals surface area contributed by atoms with E-state index in [1.54, 1.807) is 17.8 Å². The van der Waals surface area contributed by atoms with Crippen molar-refractivity contribution in [3.8, 4) is 0 Å². The lowest BCUT2D eigenvalue weighted by Crippen LogP contribution is -2.59. The number of aliphatic imine (C=N–C) groups is 1. The van der Waals surface area contributed by atoms with E-state index >= 15 is 0 Å². The van der Waals surface area contributed by atoms with E-state index in [0.29, 0.717) is 13.0 Å². The largest absolute Gasteiger partial charge is 0.463 e. The number of para-hydroxylation sites is 1.